The van der Waals surface area contributed by atoms with Crippen LogP contribution >= 0.6 is 0 Å². The van der Waals surface area contributed by atoms with Gasteiger partial charge in [-0.3, -0.25) is 0 Å². The maximum absolute atomic E-state index is 13.3. The molecule has 1 aromatic rings. The van der Waals surface area contributed by atoms with Crippen LogP contribution in [0.25, 0.3) is 0 Å². The van der Waals surface area contributed by atoms with E-state index >= 15 is 0 Å². The van der Waals surface area contributed by atoms with Crippen molar-refractivity contribution in [2.45, 2.75) is 26.2 Å². The van der Waals surface area contributed by atoms with E-state index < -0.39 is 11.2 Å². The van der Waals surface area contributed by atoms with Crippen molar-refractivity contribution in [3.8, 4) is 11.8 Å². The molecular weight excluding hydrogens is 193 g/mol. The average Bonchev–Trinajstić information content (AvgIpc) is 2.17. The van der Waals surface area contributed by atoms with Gasteiger partial charge in [0.15, 0.2) is 11.6 Å². The fourth-order valence-corrected chi connectivity index (χ4v) is 1.54. The second-order valence-electron chi connectivity index (χ2n) is 4.04. The van der Waals surface area contributed by atoms with Crippen molar-refractivity contribution >= 4 is 0 Å². The second-order valence-corrected chi connectivity index (χ2v) is 4.04. The molecule has 1 aromatic carbocycles. The Morgan fingerprint density at radius 2 is 2.00 bits per heavy atom. The molecule has 80 valence electrons. The lowest BCUT2D eigenvalue weighted by Gasteiger charge is -2.19. The van der Waals surface area contributed by atoms with Gasteiger partial charge in [-0.15, -0.1) is 0 Å². The van der Waals surface area contributed by atoms with Gasteiger partial charge >= 0.3 is 0 Å². The van der Waals surface area contributed by atoms with Crippen LogP contribution in [0.4, 0.5) is 4.39 Å². The summed E-state index contributed by atoms with van der Waals surface area (Å²) in [6.07, 6.45) is 0. The Morgan fingerprint density at radius 1 is 1.40 bits per heavy atom. The molecule has 0 fully saturated rings. The van der Waals surface area contributed by atoms with E-state index in [0.717, 1.165) is 11.1 Å². The molecule has 0 radical (unpaired) electrons. The minimum atomic E-state index is -0.634. The molecule has 3 heteroatoms. The van der Waals surface area contributed by atoms with Crippen molar-refractivity contribution < 1.29 is 9.13 Å². The molecule has 0 saturated carbocycles. The smallest absolute Gasteiger partial charge is 0.165 e. The molecular formula is C12H14FNO. The molecule has 0 aliphatic rings. The van der Waals surface area contributed by atoms with Crippen molar-refractivity contribution in [2.75, 3.05) is 7.11 Å². The predicted molar refractivity (Wildman–Crippen MR) is 56.3 cm³/mol. The fourth-order valence-electron chi connectivity index (χ4n) is 1.54. The summed E-state index contributed by atoms with van der Waals surface area (Å²) in [5.74, 6) is -0.216. The van der Waals surface area contributed by atoms with Crippen LogP contribution in [0, 0.1) is 24.1 Å². The lowest BCUT2D eigenvalue weighted by atomic mass is 9.83. The molecule has 0 heterocycles. The number of methoxy groups -OCH3 is 1. The first-order valence-electron chi connectivity index (χ1n) is 4.68. The third-order valence-electron chi connectivity index (χ3n) is 2.45. The van der Waals surface area contributed by atoms with Crippen LogP contribution in [0.3, 0.4) is 0 Å². The third kappa shape index (κ3) is 2.10. The number of aryl methyl sites for hydroxylation is 1. The highest BCUT2D eigenvalue weighted by atomic mass is 19.1. The van der Waals surface area contributed by atoms with E-state index in [4.69, 9.17) is 10.00 Å². The Hall–Kier alpha value is -1.56. The van der Waals surface area contributed by atoms with Gasteiger partial charge in [0.2, 0.25) is 0 Å². The lowest BCUT2D eigenvalue weighted by Crippen LogP contribution is -2.16. The Labute approximate surface area is 89.3 Å². The molecule has 0 amide bonds. The van der Waals surface area contributed by atoms with Crippen molar-refractivity contribution in [3.05, 3.63) is 29.1 Å². The first kappa shape index (κ1) is 11.5. The quantitative estimate of drug-likeness (QED) is 0.747. The van der Waals surface area contributed by atoms with E-state index in [0.29, 0.717) is 0 Å². The van der Waals surface area contributed by atoms with E-state index in [1.165, 1.54) is 13.2 Å². The number of rotatable bonds is 2. The molecule has 0 aromatic heterocycles. The lowest BCUT2D eigenvalue weighted by molar-refractivity contribution is 0.384. The van der Waals surface area contributed by atoms with Gasteiger partial charge in [0.1, 0.15) is 0 Å². The molecule has 0 unspecified atom stereocenters. The molecule has 0 atom stereocenters. The second kappa shape index (κ2) is 3.90. The monoisotopic (exact) mass is 207 g/mol. The van der Waals surface area contributed by atoms with Gasteiger partial charge in [0, 0.05) is 0 Å². The van der Waals surface area contributed by atoms with Gasteiger partial charge in [-0.05, 0) is 44.0 Å². The highest BCUT2D eigenvalue weighted by Crippen LogP contribution is 2.30. The Morgan fingerprint density at radius 3 is 2.47 bits per heavy atom. The minimum Gasteiger partial charge on any atom is -0.494 e. The fraction of sp³-hybridized carbons (Fsp3) is 0.417. The van der Waals surface area contributed by atoms with Crippen LogP contribution < -0.4 is 4.74 Å². The molecule has 15 heavy (non-hydrogen) atoms. The highest BCUT2D eigenvalue weighted by molar-refractivity contribution is 5.43. The van der Waals surface area contributed by atoms with Gasteiger partial charge in [0.05, 0.1) is 18.6 Å². The Balaban J connectivity index is 3.38. The van der Waals surface area contributed by atoms with Crippen LogP contribution in [-0.4, -0.2) is 7.11 Å². The van der Waals surface area contributed by atoms with Crippen molar-refractivity contribution in [3.63, 3.8) is 0 Å². The largest absolute Gasteiger partial charge is 0.494 e. The molecule has 1 rings (SSSR count). The van der Waals surface area contributed by atoms with Crippen LogP contribution in [0.1, 0.15) is 25.0 Å². The summed E-state index contributed by atoms with van der Waals surface area (Å²) in [7, 11) is 1.41. The molecule has 2 nitrogen and oxygen atoms in total. The molecule has 0 N–H and O–H groups in total. The van der Waals surface area contributed by atoms with Gasteiger partial charge in [-0.1, -0.05) is 0 Å². The van der Waals surface area contributed by atoms with Gasteiger partial charge < -0.3 is 4.74 Å². The topological polar surface area (TPSA) is 33.0 Å². The predicted octanol–water partition coefficient (Wildman–Crippen LogP) is 2.94. The zero-order chi connectivity index (χ0) is 11.6. The number of ether oxygens (including phenoxy) is 1. The number of benzene rings is 1. The summed E-state index contributed by atoms with van der Waals surface area (Å²) < 4.78 is 18.2. The summed E-state index contributed by atoms with van der Waals surface area (Å²) in [6, 6.07) is 5.18. The summed E-state index contributed by atoms with van der Waals surface area (Å²) in [4.78, 5) is 0. The third-order valence-corrected chi connectivity index (χ3v) is 2.45. The Kier molecular flexibility index (Phi) is 2.99. The average molecular weight is 207 g/mol. The zero-order valence-electron chi connectivity index (χ0n) is 9.39. The van der Waals surface area contributed by atoms with Crippen LogP contribution in [0.2, 0.25) is 0 Å². The maximum Gasteiger partial charge on any atom is 0.165 e. The van der Waals surface area contributed by atoms with Gasteiger partial charge in [-0.25, -0.2) is 4.39 Å². The molecule has 0 spiro atoms. The number of halogens is 1. The van der Waals surface area contributed by atoms with Crippen LogP contribution in [0.15, 0.2) is 12.1 Å². The number of hydrogen-bond acceptors (Lipinski definition) is 2. The summed E-state index contributed by atoms with van der Waals surface area (Å²) >= 11 is 0. The van der Waals surface area contributed by atoms with E-state index in [-0.39, 0.29) is 5.75 Å². The number of hydrogen-bond donors (Lipinski definition) is 0. The van der Waals surface area contributed by atoms with Gasteiger partial charge in [-0.2, -0.15) is 5.26 Å². The minimum absolute atomic E-state index is 0.180. The van der Waals surface area contributed by atoms with E-state index in [1.54, 1.807) is 26.8 Å². The first-order chi connectivity index (χ1) is 6.92. The van der Waals surface area contributed by atoms with Crippen LogP contribution in [-0.2, 0) is 5.41 Å². The van der Waals surface area contributed by atoms with Gasteiger partial charge in [0.25, 0.3) is 0 Å². The highest BCUT2D eigenvalue weighted by Gasteiger charge is 2.23. The molecule has 0 aliphatic carbocycles. The van der Waals surface area contributed by atoms with E-state index in [2.05, 4.69) is 6.07 Å². The standard InChI is InChI=1S/C12H14FNO/c1-8-5-10(13)11(15-4)6-9(8)12(2,3)7-14/h5-6H,1-4H3. The molecule has 0 saturated heterocycles. The normalized spacial score (nSPS) is 10.9. The zero-order valence-corrected chi connectivity index (χ0v) is 9.39. The Bertz CT molecular complexity index is 418. The van der Waals surface area contributed by atoms with Crippen molar-refractivity contribution in [2.24, 2.45) is 0 Å². The summed E-state index contributed by atoms with van der Waals surface area (Å²) in [5.41, 5.74) is 0.925. The van der Waals surface area contributed by atoms with Crippen molar-refractivity contribution in [1.82, 2.24) is 0 Å². The maximum atomic E-state index is 13.3. The molecule has 0 bridgehead atoms. The van der Waals surface area contributed by atoms with Crippen LogP contribution in [0.5, 0.6) is 5.75 Å². The first-order valence-corrected chi connectivity index (χ1v) is 4.68. The molecule has 0 aliphatic heterocycles. The summed E-state index contributed by atoms with van der Waals surface area (Å²) in [5, 5.41) is 9.02. The van der Waals surface area contributed by atoms with Crippen molar-refractivity contribution in [1.29, 1.82) is 5.26 Å². The van der Waals surface area contributed by atoms with E-state index in [9.17, 15) is 4.39 Å². The number of nitrogens with zero attached hydrogens (tertiary/aromatic N) is 1. The summed E-state index contributed by atoms with van der Waals surface area (Å²) in [6.45, 7) is 5.39. The van der Waals surface area contributed by atoms with E-state index in [1.807, 2.05) is 0 Å². The number of nitriles is 1. The SMILES string of the molecule is COc1cc(C(C)(C)C#N)c(C)cc1F.